The van der Waals surface area contributed by atoms with Crippen LogP contribution in [0.1, 0.15) is 36.2 Å². The molecular weight excluding hydrogens is 482 g/mol. The van der Waals surface area contributed by atoms with Crippen LogP contribution in [0.2, 0.25) is 0 Å². The lowest BCUT2D eigenvalue weighted by Crippen LogP contribution is -2.34. The highest BCUT2D eigenvalue weighted by molar-refractivity contribution is 7.89. The quantitative estimate of drug-likeness (QED) is 0.401. The number of rotatable bonds is 9. The van der Waals surface area contributed by atoms with Crippen LogP contribution in [0.5, 0.6) is 5.75 Å². The van der Waals surface area contributed by atoms with Gasteiger partial charge in [-0.3, -0.25) is 10.1 Å². The van der Waals surface area contributed by atoms with E-state index in [1.165, 1.54) is 16.4 Å². The summed E-state index contributed by atoms with van der Waals surface area (Å²) in [6.07, 6.45) is 0.983. The van der Waals surface area contributed by atoms with E-state index in [9.17, 15) is 13.2 Å². The molecule has 1 amide bonds. The molecule has 1 unspecified atom stereocenters. The zero-order valence-electron chi connectivity index (χ0n) is 19.9. The molecule has 3 rings (SSSR count). The first-order valence-electron chi connectivity index (χ1n) is 11.2. The second kappa shape index (κ2) is 11.9. The van der Waals surface area contributed by atoms with Crippen LogP contribution < -0.4 is 15.4 Å². The molecule has 7 nitrogen and oxygen atoms in total. The molecule has 9 heteroatoms. The molecule has 0 aromatic heterocycles. The van der Waals surface area contributed by atoms with Gasteiger partial charge in [-0.1, -0.05) is 37.3 Å². The standard InChI is InChI=1S/C26H29N3O4S2/c1-4-19(2)33-23-14-10-21(11-15-23)25(30)28-26(34)27-22-12-16-24(17-13-22)35(31,32)29(3)18-20-8-6-5-7-9-20/h5-17,19H,4,18H2,1-3H3,(H2,27,28,30,34). The van der Waals surface area contributed by atoms with Crippen molar-refractivity contribution in [1.29, 1.82) is 0 Å². The number of amides is 1. The lowest BCUT2D eigenvalue weighted by Gasteiger charge is -2.18. The van der Waals surface area contributed by atoms with Crippen LogP contribution in [0.3, 0.4) is 0 Å². The maximum absolute atomic E-state index is 12.9. The van der Waals surface area contributed by atoms with Crippen molar-refractivity contribution in [2.24, 2.45) is 0 Å². The summed E-state index contributed by atoms with van der Waals surface area (Å²) in [6.45, 7) is 4.29. The van der Waals surface area contributed by atoms with E-state index in [1.54, 1.807) is 43.4 Å². The number of nitrogens with zero attached hydrogens (tertiary/aromatic N) is 1. The SMILES string of the molecule is CCC(C)Oc1ccc(C(=O)NC(=S)Nc2ccc(S(=O)(=O)N(C)Cc3ccccc3)cc2)cc1. The molecule has 0 saturated heterocycles. The van der Waals surface area contributed by atoms with E-state index in [-0.39, 0.29) is 28.6 Å². The summed E-state index contributed by atoms with van der Waals surface area (Å²) in [5.74, 6) is 0.334. The number of benzene rings is 3. The van der Waals surface area contributed by atoms with E-state index in [0.29, 0.717) is 17.0 Å². The van der Waals surface area contributed by atoms with E-state index in [0.717, 1.165) is 12.0 Å². The molecule has 0 fully saturated rings. The van der Waals surface area contributed by atoms with Crippen molar-refractivity contribution in [2.75, 3.05) is 12.4 Å². The number of ether oxygens (including phenoxy) is 1. The fourth-order valence-corrected chi connectivity index (χ4v) is 4.52. The highest BCUT2D eigenvalue weighted by Crippen LogP contribution is 2.19. The highest BCUT2D eigenvalue weighted by Gasteiger charge is 2.21. The summed E-state index contributed by atoms with van der Waals surface area (Å²) in [5, 5.41) is 5.63. The molecule has 0 aliphatic heterocycles. The van der Waals surface area contributed by atoms with Crippen molar-refractivity contribution in [1.82, 2.24) is 9.62 Å². The Bertz CT molecular complexity index is 1250. The molecule has 1 atom stereocenters. The van der Waals surface area contributed by atoms with Gasteiger partial charge in [0.15, 0.2) is 5.11 Å². The first-order valence-corrected chi connectivity index (χ1v) is 13.0. The van der Waals surface area contributed by atoms with Gasteiger partial charge in [0, 0.05) is 24.8 Å². The molecule has 35 heavy (non-hydrogen) atoms. The van der Waals surface area contributed by atoms with Gasteiger partial charge in [0.25, 0.3) is 5.91 Å². The molecule has 0 spiro atoms. The number of nitrogens with one attached hydrogen (secondary N) is 2. The fourth-order valence-electron chi connectivity index (χ4n) is 3.15. The monoisotopic (exact) mass is 511 g/mol. The summed E-state index contributed by atoms with van der Waals surface area (Å²) < 4.78 is 32.8. The highest BCUT2D eigenvalue weighted by atomic mass is 32.2. The van der Waals surface area contributed by atoms with E-state index >= 15 is 0 Å². The Kier molecular flexibility index (Phi) is 8.97. The molecule has 3 aromatic carbocycles. The van der Waals surface area contributed by atoms with E-state index in [2.05, 4.69) is 10.6 Å². The molecule has 0 saturated carbocycles. The first kappa shape index (κ1) is 26.3. The number of hydrogen-bond donors (Lipinski definition) is 2. The average Bonchev–Trinajstić information content (AvgIpc) is 2.85. The van der Waals surface area contributed by atoms with Crippen LogP contribution in [-0.4, -0.2) is 36.9 Å². The summed E-state index contributed by atoms with van der Waals surface area (Å²) in [6, 6.07) is 22.4. The zero-order chi connectivity index (χ0) is 25.4. The minimum absolute atomic E-state index is 0.0945. The van der Waals surface area contributed by atoms with Crippen LogP contribution in [0, 0.1) is 0 Å². The molecule has 0 heterocycles. The third-order valence-corrected chi connectivity index (χ3v) is 7.35. The van der Waals surface area contributed by atoms with Crippen LogP contribution >= 0.6 is 12.2 Å². The van der Waals surface area contributed by atoms with Gasteiger partial charge in [0.2, 0.25) is 10.0 Å². The van der Waals surface area contributed by atoms with Gasteiger partial charge in [-0.2, -0.15) is 4.31 Å². The number of sulfonamides is 1. The number of anilines is 1. The minimum atomic E-state index is -3.66. The van der Waals surface area contributed by atoms with Gasteiger partial charge in [0.05, 0.1) is 11.0 Å². The second-order valence-corrected chi connectivity index (χ2v) is 10.5. The molecule has 0 aliphatic carbocycles. The summed E-state index contributed by atoms with van der Waals surface area (Å²) in [5.41, 5.74) is 1.89. The molecule has 184 valence electrons. The predicted molar refractivity (Wildman–Crippen MR) is 142 cm³/mol. The predicted octanol–water partition coefficient (Wildman–Crippen LogP) is 4.81. The molecule has 0 bridgehead atoms. The number of carbonyl (C=O) groups excluding carboxylic acids is 1. The van der Waals surface area contributed by atoms with E-state index in [1.807, 2.05) is 44.2 Å². The fraction of sp³-hybridized carbons (Fsp3) is 0.231. The van der Waals surface area contributed by atoms with Crippen LogP contribution in [0.4, 0.5) is 5.69 Å². The molecule has 0 radical (unpaired) electrons. The Labute approximate surface area is 212 Å². The maximum atomic E-state index is 12.9. The van der Waals surface area contributed by atoms with Gasteiger partial charge in [-0.25, -0.2) is 8.42 Å². The summed E-state index contributed by atoms with van der Waals surface area (Å²) >= 11 is 5.24. The van der Waals surface area contributed by atoms with Crippen molar-refractivity contribution < 1.29 is 17.9 Å². The van der Waals surface area contributed by atoms with Gasteiger partial charge in [-0.05, 0) is 79.7 Å². The largest absolute Gasteiger partial charge is 0.491 e. The molecular formula is C26H29N3O4S2. The molecule has 0 aliphatic rings. The van der Waals surface area contributed by atoms with Gasteiger partial charge < -0.3 is 10.1 Å². The first-order chi connectivity index (χ1) is 16.7. The molecule has 2 N–H and O–H groups in total. The van der Waals surface area contributed by atoms with Crippen LogP contribution in [-0.2, 0) is 16.6 Å². The van der Waals surface area contributed by atoms with Crippen molar-refractivity contribution in [3.8, 4) is 5.75 Å². The summed E-state index contributed by atoms with van der Waals surface area (Å²) in [4.78, 5) is 12.6. The average molecular weight is 512 g/mol. The lowest BCUT2D eigenvalue weighted by molar-refractivity contribution is 0.0977. The lowest BCUT2D eigenvalue weighted by atomic mass is 10.2. The molecule has 3 aromatic rings. The van der Waals surface area contributed by atoms with E-state index < -0.39 is 10.0 Å². The minimum Gasteiger partial charge on any atom is -0.491 e. The van der Waals surface area contributed by atoms with Crippen LogP contribution in [0.15, 0.2) is 83.8 Å². The Morgan fingerprint density at radius 2 is 1.63 bits per heavy atom. The Hall–Kier alpha value is -3.27. The third kappa shape index (κ3) is 7.35. The van der Waals surface area contributed by atoms with Crippen LogP contribution in [0.25, 0.3) is 0 Å². The number of thiocarbonyl (C=S) groups is 1. The zero-order valence-corrected chi connectivity index (χ0v) is 21.5. The van der Waals surface area contributed by atoms with Crippen molar-refractivity contribution >= 4 is 38.9 Å². The number of carbonyl (C=O) groups is 1. The normalized spacial score (nSPS) is 12.1. The Balaban J connectivity index is 1.57. The van der Waals surface area contributed by atoms with Gasteiger partial charge >= 0.3 is 0 Å². The number of hydrogen-bond acceptors (Lipinski definition) is 5. The Morgan fingerprint density at radius 1 is 1.00 bits per heavy atom. The third-order valence-electron chi connectivity index (χ3n) is 5.32. The Morgan fingerprint density at radius 3 is 2.23 bits per heavy atom. The van der Waals surface area contributed by atoms with Gasteiger partial charge in [0.1, 0.15) is 5.75 Å². The second-order valence-electron chi connectivity index (χ2n) is 8.04. The van der Waals surface area contributed by atoms with E-state index in [4.69, 9.17) is 17.0 Å². The maximum Gasteiger partial charge on any atom is 0.257 e. The topological polar surface area (TPSA) is 87.7 Å². The van der Waals surface area contributed by atoms with Crippen molar-refractivity contribution in [3.63, 3.8) is 0 Å². The van der Waals surface area contributed by atoms with Gasteiger partial charge in [-0.15, -0.1) is 0 Å². The van der Waals surface area contributed by atoms with Crippen molar-refractivity contribution in [2.45, 2.75) is 37.8 Å². The summed E-state index contributed by atoms with van der Waals surface area (Å²) in [7, 11) is -2.11. The smallest absolute Gasteiger partial charge is 0.257 e. The van der Waals surface area contributed by atoms with Crippen molar-refractivity contribution in [3.05, 3.63) is 90.0 Å².